The fraction of sp³-hybridized carbons (Fsp3) is 0.333. The number of nitrogens with one attached hydrogen (secondary N) is 1. The average Bonchev–Trinajstić information content (AvgIpc) is 2.98. The Balaban J connectivity index is 0.000000277. The van der Waals surface area contributed by atoms with Crippen molar-refractivity contribution >= 4 is 28.6 Å². The van der Waals surface area contributed by atoms with Crippen molar-refractivity contribution in [3.8, 4) is 0 Å². The van der Waals surface area contributed by atoms with Gasteiger partial charge in [0.15, 0.2) is 5.58 Å². The molecule has 7 nitrogen and oxygen atoms in total. The van der Waals surface area contributed by atoms with E-state index < -0.39 is 11.9 Å². The zero-order valence-electron chi connectivity index (χ0n) is 12.5. The topological polar surface area (TPSA) is 103 Å². The molecule has 1 aliphatic heterocycles. The normalized spacial score (nSPS) is 17.5. The lowest BCUT2D eigenvalue weighted by molar-refractivity contribution is -0.159. The first-order valence-electron chi connectivity index (χ1n) is 7.00. The minimum atomic E-state index is -1.82. The maximum atomic E-state index is 13.6. The molecule has 124 valence electrons. The SMILES string of the molecule is C[C@H]1CN(c2ccc(F)c3ccoc23)CCN1.O=C(O)C(=O)O. The molecular weight excluding hydrogens is 307 g/mol. The number of carboxylic acids is 2. The van der Waals surface area contributed by atoms with E-state index in [1.807, 2.05) is 0 Å². The van der Waals surface area contributed by atoms with Gasteiger partial charge in [-0.1, -0.05) is 0 Å². The second-order valence-corrected chi connectivity index (χ2v) is 5.14. The maximum Gasteiger partial charge on any atom is 0.414 e. The Hall–Kier alpha value is -2.61. The minimum absolute atomic E-state index is 0.222. The number of hydrogen-bond donors (Lipinski definition) is 3. The van der Waals surface area contributed by atoms with Gasteiger partial charge in [-0.3, -0.25) is 0 Å². The van der Waals surface area contributed by atoms with Gasteiger partial charge in [-0.15, -0.1) is 0 Å². The molecule has 2 aromatic rings. The van der Waals surface area contributed by atoms with Crippen LogP contribution >= 0.6 is 0 Å². The largest absolute Gasteiger partial charge is 0.473 e. The number of aliphatic carboxylic acids is 2. The standard InChI is InChI=1S/C13H15FN2O.C2H2O4/c1-9-8-16(6-5-15-9)12-3-2-11(14)10-4-7-17-13(10)12;3-1(4)2(5)6/h2-4,7,9,15H,5-6,8H2,1H3;(H,3,4)(H,5,6)/t9-;/m0./s1. The fourth-order valence-corrected chi connectivity index (χ4v) is 2.41. The molecule has 0 saturated carbocycles. The van der Waals surface area contributed by atoms with Gasteiger partial charge >= 0.3 is 11.9 Å². The summed E-state index contributed by atoms with van der Waals surface area (Å²) in [5, 5.41) is 18.7. The highest BCUT2D eigenvalue weighted by Gasteiger charge is 2.19. The van der Waals surface area contributed by atoms with Gasteiger partial charge in [-0.25, -0.2) is 14.0 Å². The van der Waals surface area contributed by atoms with Gasteiger partial charge in [-0.2, -0.15) is 0 Å². The zero-order chi connectivity index (χ0) is 17.0. The van der Waals surface area contributed by atoms with Crippen LogP contribution < -0.4 is 10.2 Å². The third-order valence-corrected chi connectivity index (χ3v) is 3.44. The molecule has 1 aromatic heterocycles. The molecule has 0 bridgehead atoms. The summed E-state index contributed by atoms with van der Waals surface area (Å²) >= 11 is 0. The summed E-state index contributed by atoms with van der Waals surface area (Å²) in [6.45, 7) is 4.93. The Kier molecular flexibility index (Phi) is 5.17. The summed E-state index contributed by atoms with van der Waals surface area (Å²) in [7, 11) is 0. The van der Waals surface area contributed by atoms with Crippen molar-refractivity contribution in [1.82, 2.24) is 5.32 Å². The molecule has 0 aliphatic carbocycles. The van der Waals surface area contributed by atoms with Gasteiger partial charge in [0.2, 0.25) is 0 Å². The summed E-state index contributed by atoms with van der Waals surface area (Å²) in [5.74, 6) is -3.87. The first-order valence-corrected chi connectivity index (χ1v) is 7.00. The molecule has 1 atom stereocenters. The van der Waals surface area contributed by atoms with Gasteiger partial charge in [0.05, 0.1) is 17.3 Å². The van der Waals surface area contributed by atoms with Crippen LogP contribution in [0.4, 0.5) is 10.1 Å². The molecule has 0 spiro atoms. The highest BCUT2D eigenvalue weighted by molar-refractivity contribution is 6.27. The number of fused-ring (bicyclic) bond motifs is 1. The lowest BCUT2D eigenvalue weighted by Crippen LogP contribution is -2.49. The van der Waals surface area contributed by atoms with Crippen LogP contribution in [0.3, 0.4) is 0 Å². The number of carboxylic acid groups (broad SMARTS) is 2. The number of halogens is 1. The van der Waals surface area contributed by atoms with E-state index in [1.54, 1.807) is 18.4 Å². The van der Waals surface area contributed by atoms with Crippen LogP contribution in [0.1, 0.15) is 6.92 Å². The highest BCUT2D eigenvalue weighted by Crippen LogP contribution is 2.30. The number of benzene rings is 1. The van der Waals surface area contributed by atoms with Crippen molar-refractivity contribution in [2.45, 2.75) is 13.0 Å². The Morgan fingerprint density at radius 1 is 1.30 bits per heavy atom. The van der Waals surface area contributed by atoms with E-state index in [4.69, 9.17) is 24.2 Å². The lowest BCUT2D eigenvalue weighted by Gasteiger charge is -2.33. The van der Waals surface area contributed by atoms with Crippen LogP contribution in [0.2, 0.25) is 0 Å². The average molecular weight is 324 g/mol. The first-order chi connectivity index (χ1) is 10.9. The summed E-state index contributed by atoms with van der Waals surface area (Å²) in [6.07, 6.45) is 1.54. The van der Waals surface area contributed by atoms with Crippen LogP contribution in [0.25, 0.3) is 11.0 Å². The van der Waals surface area contributed by atoms with Crippen molar-refractivity contribution in [3.05, 3.63) is 30.3 Å². The van der Waals surface area contributed by atoms with Crippen molar-refractivity contribution in [1.29, 1.82) is 0 Å². The van der Waals surface area contributed by atoms with Crippen LogP contribution in [0.15, 0.2) is 28.9 Å². The molecule has 0 amide bonds. The lowest BCUT2D eigenvalue weighted by atomic mass is 10.1. The quantitative estimate of drug-likeness (QED) is 0.683. The Bertz CT molecular complexity index is 703. The van der Waals surface area contributed by atoms with Gasteiger partial charge in [-0.05, 0) is 25.1 Å². The maximum absolute atomic E-state index is 13.6. The smallest absolute Gasteiger partial charge is 0.414 e. The summed E-state index contributed by atoms with van der Waals surface area (Å²) in [6, 6.07) is 5.44. The zero-order valence-corrected chi connectivity index (χ0v) is 12.5. The van der Waals surface area contributed by atoms with Gasteiger partial charge in [0.25, 0.3) is 0 Å². The molecule has 23 heavy (non-hydrogen) atoms. The van der Waals surface area contributed by atoms with E-state index in [-0.39, 0.29) is 5.82 Å². The van der Waals surface area contributed by atoms with E-state index in [9.17, 15) is 4.39 Å². The van der Waals surface area contributed by atoms with Gasteiger partial charge in [0.1, 0.15) is 5.82 Å². The van der Waals surface area contributed by atoms with E-state index >= 15 is 0 Å². The first kappa shape index (κ1) is 16.8. The number of furan rings is 1. The molecule has 1 aromatic carbocycles. The van der Waals surface area contributed by atoms with Crippen LogP contribution in [-0.2, 0) is 9.59 Å². The van der Waals surface area contributed by atoms with Crippen molar-refractivity contribution in [2.24, 2.45) is 0 Å². The van der Waals surface area contributed by atoms with Gasteiger partial charge < -0.3 is 24.8 Å². The second kappa shape index (κ2) is 7.10. The molecule has 0 unspecified atom stereocenters. The van der Waals surface area contributed by atoms with Crippen LogP contribution in [-0.4, -0.2) is 47.8 Å². The van der Waals surface area contributed by atoms with Crippen molar-refractivity contribution in [2.75, 3.05) is 24.5 Å². The molecule has 8 heteroatoms. The third kappa shape index (κ3) is 3.98. The van der Waals surface area contributed by atoms with E-state index in [2.05, 4.69) is 17.1 Å². The number of piperazine rings is 1. The predicted molar refractivity (Wildman–Crippen MR) is 81.1 cm³/mol. The summed E-state index contributed by atoms with van der Waals surface area (Å²) < 4.78 is 19.0. The van der Waals surface area contributed by atoms with Crippen LogP contribution in [0, 0.1) is 5.82 Å². The number of nitrogens with zero attached hydrogens (tertiary/aromatic N) is 1. The van der Waals surface area contributed by atoms with Crippen molar-refractivity contribution < 1.29 is 28.6 Å². The molecule has 1 aliphatic rings. The molecule has 0 radical (unpaired) electrons. The van der Waals surface area contributed by atoms with Crippen LogP contribution in [0.5, 0.6) is 0 Å². The van der Waals surface area contributed by atoms with E-state index in [0.29, 0.717) is 17.0 Å². The number of hydrogen-bond acceptors (Lipinski definition) is 5. The number of carbonyl (C=O) groups is 2. The highest BCUT2D eigenvalue weighted by atomic mass is 19.1. The molecule has 2 heterocycles. The molecule has 1 fully saturated rings. The number of anilines is 1. The fourth-order valence-electron chi connectivity index (χ4n) is 2.41. The van der Waals surface area contributed by atoms with E-state index in [1.165, 1.54) is 6.07 Å². The molecular formula is C15H17FN2O5. The Labute approximate surface area is 131 Å². The Morgan fingerprint density at radius 2 is 2.00 bits per heavy atom. The number of rotatable bonds is 1. The monoisotopic (exact) mass is 324 g/mol. The summed E-state index contributed by atoms with van der Waals surface area (Å²) in [5.41, 5.74) is 1.64. The van der Waals surface area contributed by atoms with E-state index in [0.717, 1.165) is 25.3 Å². The third-order valence-electron chi connectivity index (χ3n) is 3.44. The van der Waals surface area contributed by atoms with Crippen molar-refractivity contribution in [3.63, 3.8) is 0 Å². The Morgan fingerprint density at radius 3 is 2.61 bits per heavy atom. The predicted octanol–water partition coefficient (Wildman–Crippen LogP) is 1.53. The molecule has 1 saturated heterocycles. The minimum Gasteiger partial charge on any atom is -0.473 e. The second-order valence-electron chi connectivity index (χ2n) is 5.14. The molecule has 3 N–H and O–H groups in total. The molecule has 3 rings (SSSR count). The summed E-state index contributed by atoms with van der Waals surface area (Å²) in [4.78, 5) is 20.4. The van der Waals surface area contributed by atoms with Gasteiger partial charge in [0, 0.05) is 25.7 Å².